The molecule has 1 rings (SSSR count). The van der Waals surface area contributed by atoms with Crippen molar-refractivity contribution in [3.8, 4) is 0 Å². The highest BCUT2D eigenvalue weighted by molar-refractivity contribution is 7.15. The Morgan fingerprint density at radius 3 is 2.41 bits per heavy atom. The molecule has 1 aromatic rings. The summed E-state index contributed by atoms with van der Waals surface area (Å²) >= 11 is 1.41. The number of aliphatic hydroxyl groups is 2. The summed E-state index contributed by atoms with van der Waals surface area (Å²) in [6.45, 7) is 10.7. The molecule has 154 valence electrons. The molecule has 1 unspecified atom stereocenters. The highest BCUT2D eigenvalue weighted by Crippen LogP contribution is 2.30. The maximum atomic E-state index is 12.2. The summed E-state index contributed by atoms with van der Waals surface area (Å²) in [4.78, 5) is 29.4. The molecular weight excluding hydrogens is 366 g/mol. The van der Waals surface area contributed by atoms with Gasteiger partial charge in [0, 0.05) is 11.1 Å². The van der Waals surface area contributed by atoms with Gasteiger partial charge >= 0.3 is 0 Å². The first kappa shape index (κ1) is 23.5. The lowest BCUT2D eigenvalue weighted by molar-refractivity contribution is -0.134. The van der Waals surface area contributed by atoms with E-state index in [-0.39, 0.29) is 17.7 Å². The van der Waals surface area contributed by atoms with Crippen molar-refractivity contribution in [2.75, 3.05) is 5.32 Å². The first-order chi connectivity index (χ1) is 12.4. The first-order valence-corrected chi connectivity index (χ1v) is 10.2. The number of aromatic nitrogens is 1. The van der Waals surface area contributed by atoms with E-state index in [9.17, 15) is 19.8 Å². The van der Waals surface area contributed by atoms with Gasteiger partial charge in [-0.2, -0.15) is 0 Å². The van der Waals surface area contributed by atoms with E-state index >= 15 is 0 Å². The molecule has 0 aliphatic heterocycles. The number of carbonyl (C=O) groups is 2. The Kier molecular flexibility index (Phi) is 8.84. The number of rotatable bonds is 10. The van der Waals surface area contributed by atoms with Crippen molar-refractivity contribution in [2.24, 2.45) is 5.92 Å². The van der Waals surface area contributed by atoms with Gasteiger partial charge < -0.3 is 20.8 Å². The summed E-state index contributed by atoms with van der Waals surface area (Å²) in [7, 11) is 0. The average Bonchev–Trinajstić information content (AvgIpc) is 3.01. The molecule has 0 aliphatic carbocycles. The fraction of sp³-hybridized carbons (Fsp3) is 0.737. The number of hydrogen-bond acceptors (Lipinski definition) is 6. The molecule has 0 fully saturated rings. The van der Waals surface area contributed by atoms with Crippen molar-refractivity contribution < 1.29 is 19.8 Å². The van der Waals surface area contributed by atoms with Crippen LogP contribution in [0.5, 0.6) is 0 Å². The summed E-state index contributed by atoms with van der Waals surface area (Å²) in [5, 5.41) is 25.2. The van der Waals surface area contributed by atoms with Crippen LogP contribution in [0.25, 0.3) is 0 Å². The number of amides is 2. The normalized spacial score (nSPS) is 15.3. The number of thiazole rings is 1. The van der Waals surface area contributed by atoms with E-state index in [4.69, 9.17) is 0 Å². The van der Waals surface area contributed by atoms with Crippen molar-refractivity contribution in [2.45, 2.75) is 84.5 Å². The van der Waals surface area contributed by atoms with Crippen molar-refractivity contribution >= 4 is 28.3 Å². The predicted molar refractivity (Wildman–Crippen MR) is 108 cm³/mol. The summed E-state index contributed by atoms with van der Waals surface area (Å²) < 4.78 is 0. The standard InChI is InChI=1S/C19H33N3O4S/c1-11(2)15(23)17(25)21-13(4)16(24)22-18-20-10-14(27-18)12(3)8-7-9-19(5,6)26/h10-13,15,23,26H,7-9H2,1-6H3,(H,21,25)(H,20,22,24)/t12?,13-,15-/m0/s1. The lowest BCUT2D eigenvalue weighted by Crippen LogP contribution is -2.47. The van der Waals surface area contributed by atoms with Crippen molar-refractivity contribution in [1.82, 2.24) is 10.3 Å². The third-order valence-corrected chi connectivity index (χ3v) is 5.46. The Morgan fingerprint density at radius 1 is 1.22 bits per heavy atom. The van der Waals surface area contributed by atoms with E-state index in [2.05, 4.69) is 22.5 Å². The summed E-state index contributed by atoms with van der Waals surface area (Å²) in [5.74, 6) is -0.878. The third-order valence-electron chi connectivity index (χ3n) is 4.32. The first-order valence-electron chi connectivity index (χ1n) is 9.38. The topological polar surface area (TPSA) is 112 Å². The van der Waals surface area contributed by atoms with Crippen LogP contribution >= 0.6 is 11.3 Å². The van der Waals surface area contributed by atoms with Gasteiger partial charge in [0.15, 0.2) is 5.13 Å². The van der Waals surface area contributed by atoms with Crippen LogP contribution < -0.4 is 10.6 Å². The molecule has 0 spiro atoms. The number of carbonyl (C=O) groups excluding carboxylic acids is 2. The summed E-state index contributed by atoms with van der Waals surface area (Å²) in [5.41, 5.74) is -0.656. The molecule has 3 atom stereocenters. The van der Waals surface area contributed by atoms with Gasteiger partial charge in [-0.05, 0) is 51.9 Å². The molecule has 0 bridgehead atoms. The second-order valence-electron chi connectivity index (χ2n) is 8.08. The molecule has 0 aromatic carbocycles. The molecule has 1 heterocycles. The number of aliphatic hydroxyl groups excluding tert-OH is 1. The molecule has 8 heteroatoms. The molecule has 1 aromatic heterocycles. The van der Waals surface area contributed by atoms with E-state index < -0.39 is 23.7 Å². The van der Waals surface area contributed by atoms with Crippen LogP contribution in [0.1, 0.15) is 71.6 Å². The maximum Gasteiger partial charge on any atom is 0.249 e. The second kappa shape index (κ2) is 10.1. The molecule has 27 heavy (non-hydrogen) atoms. The Hall–Kier alpha value is -1.51. The van der Waals surface area contributed by atoms with Crippen LogP contribution in [-0.2, 0) is 9.59 Å². The SMILES string of the molecule is CC(CCCC(C)(C)O)c1cnc(NC(=O)[C@H](C)NC(=O)[C@@H](O)C(C)C)s1. The van der Waals surface area contributed by atoms with Gasteiger partial charge in [-0.25, -0.2) is 4.98 Å². The molecule has 0 radical (unpaired) electrons. The lowest BCUT2D eigenvalue weighted by Gasteiger charge is -2.18. The van der Waals surface area contributed by atoms with E-state index in [0.29, 0.717) is 5.13 Å². The Morgan fingerprint density at radius 2 is 1.85 bits per heavy atom. The lowest BCUT2D eigenvalue weighted by atomic mass is 9.96. The zero-order valence-electron chi connectivity index (χ0n) is 17.1. The molecule has 0 aliphatic rings. The van der Waals surface area contributed by atoms with Crippen LogP contribution in [-0.4, -0.2) is 44.8 Å². The van der Waals surface area contributed by atoms with E-state index in [0.717, 1.165) is 24.1 Å². The monoisotopic (exact) mass is 399 g/mol. The van der Waals surface area contributed by atoms with Crippen LogP contribution in [0.2, 0.25) is 0 Å². The molecule has 7 nitrogen and oxygen atoms in total. The van der Waals surface area contributed by atoms with Gasteiger partial charge in [-0.15, -0.1) is 11.3 Å². The Labute approximate surface area is 165 Å². The maximum absolute atomic E-state index is 12.2. The summed E-state index contributed by atoms with van der Waals surface area (Å²) in [6.07, 6.45) is 3.18. The minimum Gasteiger partial charge on any atom is -0.390 e. The average molecular weight is 400 g/mol. The molecule has 0 saturated carbocycles. The third kappa shape index (κ3) is 8.36. The minimum absolute atomic E-state index is 0.223. The van der Waals surface area contributed by atoms with Gasteiger partial charge in [0.25, 0.3) is 0 Å². The van der Waals surface area contributed by atoms with Crippen LogP contribution in [0.3, 0.4) is 0 Å². The Balaban J connectivity index is 2.53. The van der Waals surface area contributed by atoms with Crippen LogP contribution in [0, 0.1) is 5.92 Å². The molecular formula is C19H33N3O4S. The molecule has 2 amide bonds. The van der Waals surface area contributed by atoms with Crippen LogP contribution in [0.15, 0.2) is 6.20 Å². The zero-order chi connectivity index (χ0) is 20.8. The zero-order valence-corrected chi connectivity index (χ0v) is 17.9. The highest BCUT2D eigenvalue weighted by Gasteiger charge is 2.24. The molecule has 0 saturated heterocycles. The highest BCUT2D eigenvalue weighted by atomic mass is 32.1. The van der Waals surface area contributed by atoms with Gasteiger partial charge in [-0.3, -0.25) is 9.59 Å². The van der Waals surface area contributed by atoms with Gasteiger partial charge in [0.2, 0.25) is 11.8 Å². The number of nitrogens with one attached hydrogen (secondary N) is 2. The van der Waals surface area contributed by atoms with Crippen molar-refractivity contribution in [3.05, 3.63) is 11.1 Å². The smallest absolute Gasteiger partial charge is 0.249 e. The largest absolute Gasteiger partial charge is 0.390 e. The van der Waals surface area contributed by atoms with Crippen molar-refractivity contribution in [1.29, 1.82) is 0 Å². The fourth-order valence-corrected chi connectivity index (χ4v) is 3.34. The van der Waals surface area contributed by atoms with Gasteiger partial charge in [0.1, 0.15) is 12.1 Å². The fourth-order valence-electron chi connectivity index (χ4n) is 2.44. The number of nitrogens with zero attached hydrogens (tertiary/aromatic N) is 1. The van der Waals surface area contributed by atoms with Crippen LogP contribution in [0.4, 0.5) is 5.13 Å². The van der Waals surface area contributed by atoms with E-state index in [1.165, 1.54) is 11.3 Å². The van der Waals surface area contributed by atoms with E-state index in [1.54, 1.807) is 40.8 Å². The number of hydrogen-bond donors (Lipinski definition) is 4. The number of anilines is 1. The molecule has 4 N–H and O–H groups in total. The second-order valence-corrected chi connectivity index (χ2v) is 9.14. The van der Waals surface area contributed by atoms with Gasteiger partial charge in [-0.1, -0.05) is 20.8 Å². The quantitative estimate of drug-likeness (QED) is 0.483. The predicted octanol–water partition coefficient (Wildman–Crippen LogP) is 2.65. The van der Waals surface area contributed by atoms with E-state index in [1.807, 2.05) is 0 Å². The van der Waals surface area contributed by atoms with Gasteiger partial charge in [0.05, 0.1) is 5.60 Å². The van der Waals surface area contributed by atoms with Crippen molar-refractivity contribution in [3.63, 3.8) is 0 Å². The minimum atomic E-state index is -1.14. The summed E-state index contributed by atoms with van der Waals surface area (Å²) in [6, 6.07) is -0.776. The Bertz CT molecular complexity index is 625.